The second kappa shape index (κ2) is 14.9. The molecule has 6 rings (SSSR count). The molecule has 2 aromatic rings. The highest BCUT2D eigenvalue weighted by Gasteiger charge is 2.58. The van der Waals surface area contributed by atoms with Gasteiger partial charge in [-0.25, -0.2) is 19.6 Å². The second-order valence-electron chi connectivity index (χ2n) is 15.1. The number of ether oxygens (including phenoxy) is 4. The Hall–Kier alpha value is -5.11. The third-order valence-corrected chi connectivity index (χ3v) is 9.97. The Kier molecular flexibility index (Phi) is 10.7. The van der Waals surface area contributed by atoms with Gasteiger partial charge < -0.3 is 39.6 Å². The van der Waals surface area contributed by atoms with E-state index in [0.717, 1.165) is 4.90 Å². The average molecular weight is 772 g/mol. The normalized spacial score (nSPS) is 28.1. The summed E-state index contributed by atoms with van der Waals surface area (Å²) in [7, 11) is 1.33. The highest BCUT2D eigenvalue weighted by molar-refractivity contribution is 5.98. The van der Waals surface area contributed by atoms with Crippen LogP contribution in [0.15, 0.2) is 24.3 Å². The zero-order chi connectivity index (χ0) is 39.9. The van der Waals surface area contributed by atoms with Crippen molar-refractivity contribution in [2.75, 3.05) is 20.3 Å². The molecule has 1 spiro atoms. The van der Waals surface area contributed by atoms with Crippen molar-refractivity contribution >= 4 is 34.9 Å². The number of hydrogen-bond donors (Lipinski definition) is 3. The van der Waals surface area contributed by atoms with E-state index in [1.807, 2.05) is 6.08 Å². The Morgan fingerprint density at radius 3 is 2.56 bits per heavy atom. The van der Waals surface area contributed by atoms with Crippen molar-refractivity contribution < 1.29 is 56.4 Å². The summed E-state index contributed by atoms with van der Waals surface area (Å²) < 4.78 is 66.2. The van der Waals surface area contributed by atoms with Crippen molar-refractivity contribution in [2.24, 2.45) is 5.92 Å². The number of hydrogen-bond acceptors (Lipinski definition) is 11. The fourth-order valence-corrected chi connectivity index (χ4v) is 7.47. The highest BCUT2D eigenvalue weighted by Crippen LogP contribution is 2.51. The molecule has 0 radical (unpaired) electrons. The highest BCUT2D eigenvalue weighted by atomic mass is 19.4. The Balaban J connectivity index is 1.44. The van der Waals surface area contributed by atoms with E-state index in [-0.39, 0.29) is 41.9 Å². The van der Waals surface area contributed by atoms with Crippen LogP contribution in [0.5, 0.6) is 11.6 Å². The van der Waals surface area contributed by atoms with Crippen molar-refractivity contribution in [3.05, 3.63) is 35.5 Å². The van der Waals surface area contributed by atoms with E-state index in [1.165, 1.54) is 19.2 Å². The fraction of sp³-hybridized carbons (Fsp3) is 0.579. The molecule has 3 aliphatic heterocycles. The largest absolute Gasteiger partial charge is 0.482 e. The van der Waals surface area contributed by atoms with Crippen LogP contribution in [0.2, 0.25) is 0 Å². The summed E-state index contributed by atoms with van der Waals surface area (Å²) in [6.45, 7) is 6.07. The van der Waals surface area contributed by atoms with Crippen LogP contribution in [0, 0.1) is 17.8 Å². The Morgan fingerprint density at radius 2 is 1.91 bits per heavy atom. The monoisotopic (exact) mass is 771 g/mol. The minimum atomic E-state index is -5.05. The first-order valence-corrected chi connectivity index (χ1v) is 18.2. The van der Waals surface area contributed by atoms with Crippen LogP contribution in [-0.4, -0.2) is 92.9 Å². The lowest BCUT2D eigenvalue weighted by atomic mass is 9.76. The number of aliphatic hydroxyl groups is 1. The van der Waals surface area contributed by atoms with Crippen molar-refractivity contribution in [3.63, 3.8) is 0 Å². The number of alkyl carbamates (subject to hydrolysis) is 1. The van der Waals surface area contributed by atoms with E-state index in [2.05, 4.69) is 32.4 Å². The van der Waals surface area contributed by atoms with Crippen molar-refractivity contribution in [2.45, 2.75) is 114 Å². The molecule has 3 amide bonds. The number of methoxy groups -OCH3 is 1. The number of alkyl halides is 3. The smallest absolute Gasteiger partial charge is 0.437 e. The maximum Gasteiger partial charge on any atom is 0.437 e. The van der Waals surface area contributed by atoms with Gasteiger partial charge in [0.1, 0.15) is 28.8 Å². The van der Waals surface area contributed by atoms with Gasteiger partial charge in [-0.15, -0.1) is 0 Å². The first kappa shape index (κ1) is 39.6. The number of amides is 3. The van der Waals surface area contributed by atoms with Gasteiger partial charge in [0.25, 0.3) is 0 Å². The number of aromatic nitrogens is 2. The van der Waals surface area contributed by atoms with Crippen LogP contribution in [0.25, 0.3) is 11.0 Å². The summed E-state index contributed by atoms with van der Waals surface area (Å²) in [5, 5.41) is 17.0. The molecule has 3 N–H and O–H groups in total. The van der Waals surface area contributed by atoms with E-state index in [1.54, 1.807) is 33.8 Å². The van der Waals surface area contributed by atoms with Gasteiger partial charge in [-0.3, -0.25) is 9.59 Å². The standard InChI is InChI=1S/C38H44F3N5O9/c1-6-53-33(50)37-17-16-21(37)12-10-8-7-9-11-13-23(43-34(51)55-35(2,3)4)32(49)46-20-36(18-24(46)31(48)45-37)19-25(47)27-28-22(14-15-26(44-28)52-5)42-30(29(27)54-36)38(39,40)41/h10,12,14-15,21,23-25,47H,6-9,11,13,18-20H2,1-5H3,(H,43,51)(H,45,48). The molecule has 5 heterocycles. The lowest BCUT2D eigenvalue weighted by Gasteiger charge is -2.39. The molecular weight excluding hydrogens is 727 g/mol. The molecule has 17 heteroatoms. The number of carbonyl (C=O) groups excluding carboxylic acids is 4. The van der Waals surface area contributed by atoms with Crippen molar-refractivity contribution in [3.8, 4) is 23.5 Å². The van der Waals surface area contributed by atoms with E-state index in [4.69, 9.17) is 18.9 Å². The van der Waals surface area contributed by atoms with Crippen LogP contribution < -0.4 is 20.1 Å². The fourth-order valence-electron chi connectivity index (χ4n) is 7.47. The first-order chi connectivity index (χ1) is 25.9. The maximum absolute atomic E-state index is 14.7. The van der Waals surface area contributed by atoms with Gasteiger partial charge in [-0.05, 0) is 53.0 Å². The minimum Gasteiger partial charge on any atom is -0.482 e. The molecule has 1 fully saturated rings. The van der Waals surface area contributed by atoms with Crippen LogP contribution in [0.1, 0.15) is 90.0 Å². The summed E-state index contributed by atoms with van der Waals surface area (Å²) in [5.74, 6) is 1.73. The number of pyridine rings is 2. The van der Waals surface area contributed by atoms with E-state index in [9.17, 15) is 37.5 Å². The number of nitrogens with one attached hydrogen (secondary N) is 2. The van der Waals surface area contributed by atoms with Gasteiger partial charge in [0, 0.05) is 18.9 Å². The molecule has 4 aliphatic rings. The Bertz CT molecular complexity index is 1970. The molecule has 296 valence electrons. The molecule has 14 nitrogen and oxygen atoms in total. The number of halogens is 3. The number of carbonyl (C=O) groups is 4. The topological polar surface area (TPSA) is 179 Å². The van der Waals surface area contributed by atoms with Crippen molar-refractivity contribution in [1.82, 2.24) is 25.5 Å². The average Bonchev–Trinajstić information content (AvgIpc) is 3.45. The van der Waals surface area contributed by atoms with Gasteiger partial charge in [0.05, 0.1) is 43.4 Å². The van der Waals surface area contributed by atoms with Crippen molar-refractivity contribution in [1.29, 1.82) is 0 Å². The van der Waals surface area contributed by atoms with Gasteiger partial charge in [-0.1, -0.05) is 36.8 Å². The van der Waals surface area contributed by atoms with E-state index >= 15 is 0 Å². The molecule has 1 aliphatic carbocycles. The third kappa shape index (κ3) is 7.87. The predicted octanol–water partition coefficient (Wildman–Crippen LogP) is 4.28. The molecule has 0 saturated carbocycles. The third-order valence-electron chi connectivity index (χ3n) is 9.97. The minimum absolute atomic E-state index is 0.0140. The lowest BCUT2D eigenvalue weighted by molar-refractivity contribution is -0.153. The Labute approximate surface area is 315 Å². The predicted molar refractivity (Wildman–Crippen MR) is 188 cm³/mol. The maximum atomic E-state index is 14.7. The molecular formula is C38H44F3N5O9. The zero-order valence-electron chi connectivity index (χ0n) is 31.2. The van der Waals surface area contributed by atoms with Gasteiger partial charge in [0.2, 0.25) is 23.2 Å². The second-order valence-corrected chi connectivity index (χ2v) is 15.1. The number of rotatable bonds is 4. The lowest BCUT2D eigenvalue weighted by Crippen LogP contribution is -2.65. The summed E-state index contributed by atoms with van der Waals surface area (Å²) in [4.78, 5) is 64.8. The Morgan fingerprint density at radius 1 is 1.15 bits per heavy atom. The first-order valence-electron chi connectivity index (χ1n) is 18.2. The van der Waals surface area contributed by atoms with Crippen LogP contribution >= 0.6 is 0 Å². The molecule has 6 atom stereocenters. The SMILES string of the molecule is CCOC(=O)C12C#CC1C=CCCCCCC(NC(=O)OC(C)(C)C)C(=O)N1CC3(CC(O)c4c(c(C(F)(F)F)nc5ccc(OC)nc45)O3)CC1C(=O)N2. The molecule has 1 saturated heterocycles. The summed E-state index contributed by atoms with van der Waals surface area (Å²) >= 11 is 0. The van der Waals surface area contributed by atoms with Gasteiger partial charge >= 0.3 is 18.2 Å². The van der Waals surface area contributed by atoms with E-state index < -0.39 is 95.3 Å². The number of aliphatic hydroxyl groups excluding tert-OH is 1. The quantitative estimate of drug-likeness (QED) is 0.230. The van der Waals surface area contributed by atoms with Crippen LogP contribution in [-0.2, 0) is 30.0 Å². The van der Waals surface area contributed by atoms with Crippen LogP contribution in [0.4, 0.5) is 18.0 Å². The number of nitrogens with zero attached hydrogens (tertiary/aromatic N) is 3. The summed E-state index contributed by atoms with van der Waals surface area (Å²) in [6.07, 6.45) is -2.15. The molecule has 0 bridgehead atoms. The number of fused-ring (bicyclic) bond motifs is 5. The van der Waals surface area contributed by atoms with E-state index in [0.29, 0.717) is 25.7 Å². The number of allylic oxidation sites excluding steroid dienone is 1. The zero-order valence-corrected chi connectivity index (χ0v) is 31.2. The van der Waals surface area contributed by atoms with Gasteiger partial charge in [0.15, 0.2) is 11.4 Å². The summed E-state index contributed by atoms with van der Waals surface area (Å²) in [6, 6.07) is -0.0611. The molecule has 2 aromatic heterocycles. The van der Waals surface area contributed by atoms with Crippen LogP contribution in [0.3, 0.4) is 0 Å². The van der Waals surface area contributed by atoms with Gasteiger partial charge in [-0.2, -0.15) is 13.2 Å². The molecule has 6 unspecified atom stereocenters. The number of esters is 1. The molecule has 55 heavy (non-hydrogen) atoms. The summed E-state index contributed by atoms with van der Waals surface area (Å²) in [5.41, 5.74) is -6.43. The molecule has 0 aromatic carbocycles.